The monoisotopic (exact) mass is 361 g/mol. The van der Waals surface area contributed by atoms with Crippen LogP contribution in [0.1, 0.15) is 23.1 Å². The summed E-state index contributed by atoms with van der Waals surface area (Å²) in [6, 6.07) is 0. The van der Waals surface area contributed by atoms with Crippen molar-refractivity contribution < 1.29 is 9.53 Å². The lowest BCUT2D eigenvalue weighted by Crippen LogP contribution is -2.05. The third-order valence-electron chi connectivity index (χ3n) is 2.24. The van der Waals surface area contributed by atoms with Crippen LogP contribution in [0.5, 0.6) is 0 Å². The van der Waals surface area contributed by atoms with Crippen LogP contribution in [0.25, 0.3) is 5.65 Å². The second-order valence-corrected chi connectivity index (χ2v) is 4.80. The van der Waals surface area contributed by atoms with Crippen molar-refractivity contribution in [3.05, 3.63) is 26.8 Å². The van der Waals surface area contributed by atoms with E-state index < -0.39 is 5.97 Å². The molecular weight excluding hydrogens is 354 g/mol. The minimum absolute atomic E-state index is 0.259. The molecule has 0 radical (unpaired) electrons. The van der Waals surface area contributed by atoms with E-state index >= 15 is 0 Å². The highest BCUT2D eigenvalue weighted by molar-refractivity contribution is 9.10. The Labute approximate surface area is 114 Å². The van der Waals surface area contributed by atoms with Crippen LogP contribution in [-0.2, 0) is 4.74 Å². The maximum absolute atomic E-state index is 11.7. The molecule has 0 atom stereocenters. The molecule has 2 rings (SSSR count). The van der Waals surface area contributed by atoms with Gasteiger partial charge in [-0.2, -0.15) is 0 Å². The van der Waals surface area contributed by atoms with Gasteiger partial charge in [-0.1, -0.05) is 0 Å². The molecule has 0 unspecified atom stereocenters. The van der Waals surface area contributed by atoms with E-state index in [9.17, 15) is 4.79 Å². The summed E-state index contributed by atoms with van der Waals surface area (Å²) < 4.78 is 8.01. The summed E-state index contributed by atoms with van der Waals surface area (Å²) in [5.74, 6) is -0.446. The molecule has 0 bridgehead atoms. The Balaban J connectivity index is 2.65. The Kier molecular flexibility index (Phi) is 3.48. The summed E-state index contributed by atoms with van der Waals surface area (Å²) in [6.45, 7) is 3.95. The molecule has 0 saturated carbocycles. The summed E-state index contributed by atoms with van der Waals surface area (Å²) in [7, 11) is 0. The van der Waals surface area contributed by atoms with E-state index in [-0.39, 0.29) is 5.69 Å². The van der Waals surface area contributed by atoms with E-state index in [2.05, 4.69) is 41.8 Å². The van der Waals surface area contributed by atoms with Gasteiger partial charge in [0.15, 0.2) is 11.3 Å². The normalized spacial score (nSPS) is 10.8. The maximum atomic E-state index is 11.7. The molecule has 0 aliphatic rings. The first-order valence-corrected chi connectivity index (χ1v) is 6.51. The lowest BCUT2D eigenvalue weighted by molar-refractivity contribution is 0.0519. The quantitative estimate of drug-likeness (QED) is 0.771. The third kappa shape index (κ3) is 2.09. The summed E-state index contributed by atoms with van der Waals surface area (Å²) in [4.78, 5) is 20.0. The molecule has 7 heteroatoms. The molecule has 0 aliphatic heterocycles. The lowest BCUT2D eigenvalue weighted by atomic mass is 10.5. The molecule has 0 aromatic carbocycles. The number of fused-ring (bicyclic) bond motifs is 1. The Hall–Kier alpha value is -0.950. The van der Waals surface area contributed by atoms with Gasteiger partial charge in [0.25, 0.3) is 0 Å². The Morgan fingerprint density at radius 2 is 2.24 bits per heavy atom. The van der Waals surface area contributed by atoms with Crippen LogP contribution in [0.2, 0.25) is 0 Å². The van der Waals surface area contributed by atoms with E-state index in [0.717, 1.165) is 5.69 Å². The van der Waals surface area contributed by atoms with Crippen LogP contribution in [0, 0.1) is 6.92 Å². The van der Waals surface area contributed by atoms with Crippen LogP contribution < -0.4 is 0 Å². The zero-order valence-corrected chi connectivity index (χ0v) is 12.4. The number of esters is 1. The Morgan fingerprint density at radius 3 is 2.88 bits per heavy atom. The fourth-order valence-electron chi connectivity index (χ4n) is 1.45. The number of imidazole rings is 1. The molecule has 17 heavy (non-hydrogen) atoms. The Morgan fingerprint density at radius 1 is 1.53 bits per heavy atom. The number of aryl methyl sites for hydroxylation is 1. The van der Waals surface area contributed by atoms with Crippen LogP contribution in [0.15, 0.2) is 15.4 Å². The van der Waals surface area contributed by atoms with E-state index in [0.29, 0.717) is 21.5 Å². The highest BCUT2D eigenvalue weighted by Crippen LogP contribution is 2.24. The molecule has 90 valence electrons. The van der Waals surface area contributed by atoms with E-state index in [4.69, 9.17) is 4.74 Å². The van der Waals surface area contributed by atoms with Crippen molar-refractivity contribution in [3.8, 4) is 0 Å². The van der Waals surface area contributed by atoms with Gasteiger partial charge in [-0.15, -0.1) is 0 Å². The van der Waals surface area contributed by atoms with Gasteiger partial charge in [0, 0.05) is 0 Å². The van der Waals surface area contributed by atoms with E-state index in [1.54, 1.807) is 17.5 Å². The topological polar surface area (TPSA) is 56.5 Å². The molecule has 0 N–H and O–H groups in total. The summed E-state index contributed by atoms with van der Waals surface area (Å²) >= 11 is 6.69. The second-order valence-electron chi connectivity index (χ2n) is 3.30. The molecule has 2 heterocycles. The van der Waals surface area contributed by atoms with Crippen LogP contribution >= 0.6 is 31.9 Å². The van der Waals surface area contributed by atoms with Gasteiger partial charge in [-0.05, 0) is 45.7 Å². The molecule has 0 saturated heterocycles. The number of halogens is 2. The summed E-state index contributed by atoms with van der Waals surface area (Å²) in [6.07, 6.45) is 1.59. The number of carbonyl (C=O) groups is 1. The molecule has 0 spiro atoms. The molecule has 0 fully saturated rings. The number of carbonyl (C=O) groups excluding carboxylic acids is 1. The van der Waals surface area contributed by atoms with Crippen molar-refractivity contribution in [1.82, 2.24) is 14.4 Å². The predicted molar refractivity (Wildman–Crippen MR) is 69.1 cm³/mol. The van der Waals surface area contributed by atoms with Crippen LogP contribution in [0.3, 0.4) is 0 Å². The maximum Gasteiger partial charge on any atom is 0.359 e. The summed E-state index contributed by atoms with van der Waals surface area (Å²) in [5.41, 5.74) is 1.72. The highest BCUT2D eigenvalue weighted by Gasteiger charge is 2.20. The van der Waals surface area contributed by atoms with Gasteiger partial charge in [0.1, 0.15) is 9.21 Å². The molecule has 2 aromatic heterocycles. The van der Waals surface area contributed by atoms with Gasteiger partial charge >= 0.3 is 5.97 Å². The van der Waals surface area contributed by atoms with Crippen molar-refractivity contribution in [3.63, 3.8) is 0 Å². The minimum atomic E-state index is -0.446. The van der Waals surface area contributed by atoms with Crippen molar-refractivity contribution in [1.29, 1.82) is 0 Å². The summed E-state index contributed by atoms with van der Waals surface area (Å²) in [5, 5.41) is 0. The van der Waals surface area contributed by atoms with Gasteiger partial charge in [-0.3, -0.25) is 4.40 Å². The van der Waals surface area contributed by atoms with Crippen molar-refractivity contribution >= 4 is 43.5 Å². The van der Waals surface area contributed by atoms with Crippen LogP contribution in [-0.4, -0.2) is 26.9 Å². The van der Waals surface area contributed by atoms with Crippen molar-refractivity contribution in [2.75, 3.05) is 6.61 Å². The lowest BCUT2D eigenvalue weighted by Gasteiger charge is -2.02. The smallest absolute Gasteiger partial charge is 0.359 e. The zero-order chi connectivity index (χ0) is 12.6. The average Bonchev–Trinajstić information content (AvgIpc) is 2.62. The van der Waals surface area contributed by atoms with Crippen LogP contribution in [0.4, 0.5) is 0 Å². The fraction of sp³-hybridized carbons (Fsp3) is 0.300. The molecule has 5 nitrogen and oxygen atoms in total. The fourth-order valence-corrected chi connectivity index (χ4v) is 2.43. The number of hydrogen-bond donors (Lipinski definition) is 0. The number of rotatable bonds is 2. The second kappa shape index (κ2) is 4.73. The Bertz CT molecular complexity index is 595. The first-order chi connectivity index (χ1) is 8.06. The minimum Gasteiger partial charge on any atom is -0.461 e. The van der Waals surface area contributed by atoms with Gasteiger partial charge in [0.05, 0.1) is 18.5 Å². The largest absolute Gasteiger partial charge is 0.461 e. The number of nitrogens with zero attached hydrogens (tertiary/aromatic N) is 3. The SMILES string of the molecule is CCOC(=O)c1nc2cnc(Br)c(C)n2c1Br. The third-order valence-corrected chi connectivity index (χ3v) is 3.75. The first-order valence-electron chi connectivity index (χ1n) is 4.92. The van der Waals surface area contributed by atoms with Gasteiger partial charge < -0.3 is 4.74 Å². The number of ether oxygens (including phenoxy) is 1. The van der Waals surface area contributed by atoms with Gasteiger partial charge in [0.2, 0.25) is 0 Å². The highest BCUT2D eigenvalue weighted by atomic mass is 79.9. The van der Waals surface area contributed by atoms with Crippen molar-refractivity contribution in [2.45, 2.75) is 13.8 Å². The molecule has 0 amide bonds. The molecular formula is C10H9Br2N3O2. The number of hydrogen-bond acceptors (Lipinski definition) is 4. The standard InChI is InChI=1S/C10H9Br2N3O2/c1-3-17-10(16)7-9(12)15-5(2)8(11)13-4-6(15)14-7/h4H,3H2,1-2H3. The molecule has 0 aliphatic carbocycles. The predicted octanol–water partition coefficient (Wildman–Crippen LogP) is 2.74. The zero-order valence-electron chi connectivity index (χ0n) is 9.20. The average molecular weight is 363 g/mol. The van der Waals surface area contributed by atoms with E-state index in [1.165, 1.54) is 0 Å². The first kappa shape index (κ1) is 12.5. The number of aromatic nitrogens is 3. The van der Waals surface area contributed by atoms with E-state index in [1.807, 2.05) is 6.92 Å². The van der Waals surface area contributed by atoms with Gasteiger partial charge in [-0.25, -0.2) is 14.8 Å². The molecule has 2 aromatic rings. The van der Waals surface area contributed by atoms with Crippen molar-refractivity contribution in [2.24, 2.45) is 0 Å².